The van der Waals surface area contributed by atoms with Gasteiger partial charge in [0.05, 0.1) is 24.9 Å². The lowest BCUT2D eigenvalue weighted by molar-refractivity contribution is 0.0985. The van der Waals surface area contributed by atoms with Crippen LogP contribution in [0.4, 0.5) is 5.82 Å². The van der Waals surface area contributed by atoms with Crippen molar-refractivity contribution >= 4 is 34.1 Å². The van der Waals surface area contributed by atoms with Crippen LogP contribution in [0.25, 0.3) is 27.9 Å². The Morgan fingerprint density at radius 1 is 1.29 bits per heavy atom. The number of H-pyrrole nitrogens is 1. The Morgan fingerprint density at radius 3 is 3.04 bits per heavy atom. The zero-order chi connectivity index (χ0) is 18.9. The van der Waals surface area contributed by atoms with Crippen LogP contribution in [0.2, 0.25) is 0 Å². The fourth-order valence-corrected chi connectivity index (χ4v) is 4.82. The number of allylic oxidation sites excluding steroid dienone is 1. The molecular weight excluding hydrogens is 370 g/mol. The van der Waals surface area contributed by atoms with Crippen LogP contribution >= 0.6 is 11.8 Å². The molecule has 2 aliphatic heterocycles. The van der Waals surface area contributed by atoms with E-state index >= 15 is 0 Å². The van der Waals surface area contributed by atoms with E-state index in [0.717, 1.165) is 65.8 Å². The van der Waals surface area contributed by atoms with Crippen molar-refractivity contribution in [1.82, 2.24) is 20.2 Å². The number of hydrogen-bond donors (Lipinski definition) is 1. The number of anilines is 1. The lowest BCUT2D eigenvalue weighted by Gasteiger charge is -2.35. The van der Waals surface area contributed by atoms with Crippen LogP contribution in [0.3, 0.4) is 0 Å². The first-order chi connectivity index (χ1) is 13.8. The first-order valence-corrected chi connectivity index (χ1v) is 10.9. The highest BCUT2D eigenvalue weighted by atomic mass is 32.2. The van der Waals surface area contributed by atoms with E-state index in [1.807, 2.05) is 24.0 Å². The van der Waals surface area contributed by atoms with Gasteiger partial charge in [0.1, 0.15) is 17.0 Å². The van der Waals surface area contributed by atoms with Gasteiger partial charge < -0.3 is 9.64 Å². The molecule has 1 fully saturated rings. The zero-order valence-electron chi connectivity index (χ0n) is 15.9. The molecule has 6 nitrogen and oxygen atoms in total. The maximum Gasteiger partial charge on any atom is 0.130 e. The topological polar surface area (TPSA) is 66.9 Å². The summed E-state index contributed by atoms with van der Waals surface area (Å²) in [6.07, 6.45) is 7.08. The maximum atomic E-state index is 5.64. The van der Waals surface area contributed by atoms with Crippen LogP contribution in [-0.4, -0.2) is 57.5 Å². The first kappa shape index (κ1) is 17.7. The Labute approximate surface area is 168 Å². The number of hydrogen-bond acceptors (Lipinski definition) is 6. The van der Waals surface area contributed by atoms with Gasteiger partial charge in [0.15, 0.2) is 0 Å². The van der Waals surface area contributed by atoms with E-state index in [1.165, 1.54) is 11.1 Å². The van der Waals surface area contributed by atoms with Crippen molar-refractivity contribution in [1.29, 1.82) is 0 Å². The molecule has 1 N–H and O–H groups in total. The molecule has 0 aromatic carbocycles. The molecule has 0 radical (unpaired) electrons. The number of ether oxygens (including phenoxy) is 1. The fourth-order valence-electron chi connectivity index (χ4n) is 3.98. The van der Waals surface area contributed by atoms with Crippen LogP contribution in [0.1, 0.15) is 18.9 Å². The second-order valence-corrected chi connectivity index (χ2v) is 8.38. The highest BCUT2D eigenvalue weighted by molar-refractivity contribution is 7.99. The molecule has 0 unspecified atom stereocenters. The zero-order valence-corrected chi connectivity index (χ0v) is 16.7. The monoisotopic (exact) mass is 393 g/mol. The molecule has 5 heterocycles. The highest BCUT2D eigenvalue weighted by Crippen LogP contribution is 2.36. The average molecular weight is 394 g/mol. The van der Waals surface area contributed by atoms with Crippen molar-refractivity contribution in [2.24, 2.45) is 0 Å². The molecule has 1 atom stereocenters. The van der Waals surface area contributed by atoms with Gasteiger partial charge in [-0.1, -0.05) is 6.08 Å². The van der Waals surface area contributed by atoms with Crippen LogP contribution < -0.4 is 4.90 Å². The molecule has 3 aromatic heterocycles. The summed E-state index contributed by atoms with van der Waals surface area (Å²) < 4.78 is 5.64. The largest absolute Gasteiger partial charge is 0.377 e. The van der Waals surface area contributed by atoms with E-state index in [4.69, 9.17) is 9.72 Å². The molecular formula is C21H23N5OS. The Kier molecular flexibility index (Phi) is 4.78. The number of fused-ring (bicyclic) bond motifs is 1. The molecule has 0 bridgehead atoms. The summed E-state index contributed by atoms with van der Waals surface area (Å²) in [5, 5.41) is 8.31. The molecule has 0 spiro atoms. The van der Waals surface area contributed by atoms with Gasteiger partial charge in [-0.2, -0.15) is 16.9 Å². The van der Waals surface area contributed by atoms with Crippen molar-refractivity contribution in [3.63, 3.8) is 0 Å². The standard InChI is InChI=1S/C21H23N5OS/c1-14-13-27-9-8-26(14)19-12-17(15-4-10-28-11-5-15)16-2-6-22-21(20(16)24-19)18-3-7-23-25-18/h2-4,6-7,12,14H,5,8-11,13H2,1H3,(H,23,25)/t14-/m1/s1. The normalized spacial score (nSPS) is 20.4. The molecule has 0 aliphatic carbocycles. The maximum absolute atomic E-state index is 5.64. The second-order valence-electron chi connectivity index (χ2n) is 7.23. The molecule has 0 amide bonds. The Morgan fingerprint density at radius 2 is 2.25 bits per heavy atom. The predicted molar refractivity (Wildman–Crippen MR) is 115 cm³/mol. The second kappa shape index (κ2) is 7.56. The number of aromatic amines is 1. The van der Waals surface area contributed by atoms with E-state index in [1.54, 1.807) is 6.20 Å². The van der Waals surface area contributed by atoms with Gasteiger partial charge in [-0.15, -0.1) is 0 Å². The van der Waals surface area contributed by atoms with Gasteiger partial charge in [-0.05, 0) is 48.4 Å². The Bertz CT molecular complexity index is 1020. The number of aromatic nitrogens is 4. The highest BCUT2D eigenvalue weighted by Gasteiger charge is 2.23. The van der Waals surface area contributed by atoms with Gasteiger partial charge in [-0.25, -0.2) is 4.98 Å². The fraction of sp³-hybridized carbons (Fsp3) is 0.381. The minimum atomic E-state index is 0.301. The number of morpholine rings is 1. The molecule has 0 saturated carbocycles. The third-order valence-electron chi connectivity index (χ3n) is 5.44. The van der Waals surface area contributed by atoms with Crippen LogP contribution in [0, 0.1) is 0 Å². The summed E-state index contributed by atoms with van der Waals surface area (Å²) in [5.41, 5.74) is 5.36. The molecule has 2 aliphatic rings. The van der Waals surface area contributed by atoms with E-state index in [9.17, 15) is 0 Å². The van der Waals surface area contributed by atoms with E-state index in [-0.39, 0.29) is 0 Å². The quantitative estimate of drug-likeness (QED) is 0.731. The summed E-state index contributed by atoms with van der Waals surface area (Å²) in [4.78, 5) is 12.1. The summed E-state index contributed by atoms with van der Waals surface area (Å²) >= 11 is 1.99. The van der Waals surface area contributed by atoms with E-state index < -0.39 is 0 Å². The lowest BCUT2D eigenvalue weighted by Crippen LogP contribution is -2.44. The van der Waals surface area contributed by atoms with Gasteiger partial charge in [-0.3, -0.25) is 10.1 Å². The molecule has 1 saturated heterocycles. The number of rotatable bonds is 3. The van der Waals surface area contributed by atoms with Gasteiger partial charge in [0.25, 0.3) is 0 Å². The lowest BCUT2D eigenvalue weighted by atomic mass is 9.98. The predicted octanol–water partition coefficient (Wildman–Crippen LogP) is 3.77. The minimum absolute atomic E-state index is 0.301. The third kappa shape index (κ3) is 3.18. The summed E-state index contributed by atoms with van der Waals surface area (Å²) in [7, 11) is 0. The Balaban J connectivity index is 1.74. The van der Waals surface area contributed by atoms with Gasteiger partial charge >= 0.3 is 0 Å². The summed E-state index contributed by atoms with van der Waals surface area (Å²) in [6, 6.07) is 6.61. The van der Waals surface area contributed by atoms with Crippen LogP contribution in [-0.2, 0) is 4.74 Å². The van der Waals surface area contributed by atoms with Crippen molar-refractivity contribution < 1.29 is 4.74 Å². The molecule has 144 valence electrons. The number of nitrogens with one attached hydrogen (secondary N) is 1. The van der Waals surface area contributed by atoms with Crippen molar-refractivity contribution in [2.45, 2.75) is 19.4 Å². The molecule has 3 aromatic rings. The first-order valence-electron chi connectivity index (χ1n) is 9.72. The minimum Gasteiger partial charge on any atom is -0.377 e. The third-order valence-corrected chi connectivity index (χ3v) is 6.34. The van der Waals surface area contributed by atoms with Crippen molar-refractivity contribution in [3.8, 4) is 11.4 Å². The SMILES string of the molecule is C[C@@H]1COCCN1c1cc(C2=CCSCC2)c2ccnc(-c3ccn[nH]3)c2n1. The molecule has 28 heavy (non-hydrogen) atoms. The molecule has 7 heteroatoms. The van der Waals surface area contributed by atoms with Crippen molar-refractivity contribution in [3.05, 3.63) is 42.2 Å². The summed E-state index contributed by atoms with van der Waals surface area (Å²) in [5.74, 6) is 3.24. The Hall–Kier alpha value is -2.38. The van der Waals surface area contributed by atoms with E-state index in [0.29, 0.717) is 6.04 Å². The van der Waals surface area contributed by atoms with Crippen LogP contribution in [0.5, 0.6) is 0 Å². The van der Waals surface area contributed by atoms with Crippen molar-refractivity contribution in [2.75, 3.05) is 36.2 Å². The number of pyridine rings is 2. The molecule has 5 rings (SSSR count). The van der Waals surface area contributed by atoms with E-state index in [2.05, 4.69) is 45.2 Å². The average Bonchev–Trinajstić information content (AvgIpc) is 3.28. The summed E-state index contributed by atoms with van der Waals surface area (Å²) in [6.45, 7) is 4.52. The number of thioether (sulfide) groups is 1. The number of nitrogens with zero attached hydrogens (tertiary/aromatic N) is 4. The van der Waals surface area contributed by atoms with Gasteiger partial charge in [0, 0.05) is 30.1 Å². The smallest absolute Gasteiger partial charge is 0.130 e. The van der Waals surface area contributed by atoms with Crippen LogP contribution in [0.15, 0.2) is 36.7 Å². The van der Waals surface area contributed by atoms with Gasteiger partial charge in [0.2, 0.25) is 0 Å².